The van der Waals surface area contributed by atoms with Crippen molar-refractivity contribution in [3.63, 3.8) is 0 Å². The summed E-state index contributed by atoms with van der Waals surface area (Å²) in [5.41, 5.74) is 5.86. The number of nitrogens with two attached hydrogens (primary N) is 1. The Hall–Kier alpha value is -0.320. The Kier molecular flexibility index (Phi) is 5.52. The molecule has 0 saturated heterocycles. The molecular weight excluding hydrogens is 228 g/mol. The average Bonchev–Trinajstić information content (AvgIpc) is 3.02. The molecule has 16 heavy (non-hydrogen) atoms. The zero-order chi connectivity index (χ0) is 10.7. The molecule has 94 valence electrons. The number of carbonyl (C=O) groups excluding carboxylic acids is 1. The number of ether oxygens (including phenoxy) is 1. The summed E-state index contributed by atoms with van der Waals surface area (Å²) in [7, 11) is 0. The summed E-state index contributed by atoms with van der Waals surface area (Å²) >= 11 is 0. The van der Waals surface area contributed by atoms with Crippen molar-refractivity contribution in [3.05, 3.63) is 0 Å². The van der Waals surface area contributed by atoms with Gasteiger partial charge >= 0.3 is 0 Å². The normalized spacial score (nSPS) is 21.1. The quantitative estimate of drug-likeness (QED) is 0.697. The van der Waals surface area contributed by atoms with Gasteiger partial charge in [0, 0.05) is 12.6 Å². The van der Waals surface area contributed by atoms with Gasteiger partial charge in [-0.3, -0.25) is 4.79 Å². The van der Waals surface area contributed by atoms with Crippen LogP contribution in [0.5, 0.6) is 0 Å². The van der Waals surface area contributed by atoms with Gasteiger partial charge in [0.05, 0.1) is 6.61 Å². The highest BCUT2D eigenvalue weighted by atomic mass is 35.5. The summed E-state index contributed by atoms with van der Waals surface area (Å²) in [4.78, 5) is 11.3. The molecule has 2 rings (SSSR count). The smallest absolute Gasteiger partial charge is 0.246 e. The molecule has 2 aliphatic carbocycles. The summed E-state index contributed by atoms with van der Waals surface area (Å²) in [6.45, 7) is 1.52. The summed E-state index contributed by atoms with van der Waals surface area (Å²) in [5.74, 6) is 1.32. The van der Waals surface area contributed by atoms with Gasteiger partial charge in [-0.05, 0) is 37.5 Å². The highest BCUT2D eigenvalue weighted by Gasteiger charge is 2.28. The molecule has 4 nitrogen and oxygen atoms in total. The van der Waals surface area contributed by atoms with Gasteiger partial charge in [-0.1, -0.05) is 0 Å². The van der Waals surface area contributed by atoms with E-state index in [1.54, 1.807) is 0 Å². The van der Waals surface area contributed by atoms with Gasteiger partial charge in [0.15, 0.2) is 0 Å². The van der Waals surface area contributed by atoms with E-state index in [2.05, 4.69) is 5.32 Å². The zero-order valence-electron chi connectivity index (χ0n) is 9.48. The SMILES string of the molecule is Cl.NC(CNC(=O)COCC1CC1)C1CC1. The number of hydrogen-bond acceptors (Lipinski definition) is 3. The van der Waals surface area contributed by atoms with Crippen LogP contribution in [0.25, 0.3) is 0 Å². The lowest BCUT2D eigenvalue weighted by Gasteiger charge is -2.11. The van der Waals surface area contributed by atoms with Crippen molar-refractivity contribution < 1.29 is 9.53 Å². The lowest BCUT2D eigenvalue weighted by Crippen LogP contribution is -2.40. The highest BCUT2D eigenvalue weighted by molar-refractivity contribution is 5.85. The topological polar surface area (TPSA) is 64.3 Å². The van der Waals surface area contributed by atoms with Crippen LogP contribution in [0.15, 0.2) is 0 Å². The zero-order valence-corrected chi connectivity index (χ0v) is 10.3. The van der Waals surface area contributed by atoms with Crippen molar-refractivity contribution in [2.45, 2.75) is 31.7 Å². The fourth-order valence-electron chi connectivity index (χ4n) is 1.58. The first-order valence-corrected chi connectivity index (χ1v) is 5.85. The average molecular weight is 249 g/mol. The fraction of sp³-hybridized carbons (Fsp3) is 0.909. The Morgan fingerprint density at radius 1 is 1.38 bits per heavy atom. The van der Waals surface area contributed by atoms with E-state index in [4.69, 9.17) is 10.5 Å². The van der Waals surface area contributed by atoms with E-state index in [-0.39, 0.29) is 31.0 Å². The number of carbonyl (C=O) groups is 1. The Morgan fingerprint density at radius 2 is 2.06 bits per heavy atom. The van der Waals surface area contributed by atoms with Gasteiger partial charge in [0.25, 0.3) is 0 Å². The summed E-state index contributed by atoms with van der Waals surface area (Å²) < 4.78 is 5.27. The van der Waals surface area contributed by atoms with Gasteiger partial charge < -0.3 is 15.8 Å². The maximum Gasteiger partial charge on any atom is 0.246 e. The third-order valence-corrected chi connectivity index (χ3v) is 3.05. The van der Waals surface area contributed by atoms with Crippen molar-refractivity contribution in [3.8, 4) is 0 Å². The molecule has 2 saturated carbocycles. The van der Waals surface area contributed by atoms with Crippen LogP contribution in [0.1, 0.15) is 25.7 Å². The van der Waals surface area contributed by atoms with Crippen molar-refractivity contribution in [2.24, 2.45) is 17.6 Å². The molecule has 0 aliphatic heterocycles. The van der Waals surface area contributed by atoms with Crippen LogP contribution in [0.2, 0.25) is 0 Å². The monoisotopic (exact) mass is 248 g/mol. The van der Waals surface area contributed by atoms with Crippen LogP contribution in [-0.2, 0) is 9.53 Å². The van der Waals surface area contributed by atoms with E-state index < -0.39 is 0 Å². The maximum absolute atomic E-state index is 11.3. The van der Waals surface area contributed by atoms with Crippen LogP contribution in [-0.4, -0.2) is 31.7 Å². The fourth-order valence-corrected chi connectivity index (χ4v) is 1.58. The van der Waals surface area contributed by atoms with E-state index in [0.29, 0.717) is 18.4 Å². The number of nitrogens with one attached hydrogen (secondary N) is 1. The number of amides is 1. The van der Waals surface area contributed by atoms with Gasteiger partial charge in [-0.2, -0.15) is 0 Å². The molecule has 1 unspecified atom stereocenters. The van der Waals surface area contributed by atoms with Crippen molar-refractivity contribution in [1.29, 1.82) is 0 Å². The second-order valence-corrected chi connectivity index (χ2v) is 4.76. The number of rotatable bonds is 7. The van der Waals surface area contributed by atoms with Crippen molar-refractivity contribution >= 4 is 18.3 Å². The lowest BCUT2D eigenvalue weighted by molar-refractivity contribution is -0.125. The largest absolute Gasteiger partial charge is 0.371 e. The molecule has 0 radical (unpaired) electrons. The molecule has 0 bridgehead atoms. The minimum absolute atomic E-state index is 0. The molecule has 0 aromatic rings. The van der Waals surface area contributed by atoms with Gasteiger partial charge in [0.2, 0.25) is 5.91 Å². The first-order valence-electron chi connectivity index (χ1n) is 5.85. The van der Waals surface area contributed by atoms with Crippen LogP contribution >= 0.6 is 12.4 Å². The Labute approximate surface area is 103 Å². The number of hydrogen-bond donors (Lipinski definition) is 2. The number of halogens is 1. The van der Waals surface area contributed by atoms with E-state index in [0.717, 1.165) is 6.61 Å². The summed E-state index contributed by atoms with van der Waals surface area (Å²) in [6, 6.07) is 0.136. The minimum Gasteiger partial charge on any atom is -0.371 e. The van der Waals surface area contributed by atoms with Gasteiger partial charge in [-0.25, -0.2) is 0 Å². The molecule has 0 spiro atoms. The first-order chi connectivity index (χ1) is 7.25. The second-order valence-electron chi connectivity index (χ2n) is 4.76. The lowest BCUT2D eigenvalue weighted by atomic mass is 10.2. The molecule has 1 atom stereocenters. The third-order valence-electron chi connectivity index (χ3n) is 3.05. The molecular formula is C11H21ClN2O2. The molecule has 1 amide bonds. The second kappa shape index (κ2) is 6.42. The van der Waals surface area contributed by atoms with Gasteiger partial charge in [0.1, 0.15) is 6.61 Å². The third kappa shape index (κ3) is 5.14. The minimum atomic E-state index is -0.0354. The molecule has 0 heterocycles. The van der Waals surface area contributed by atoms with Crippen molar-refractivity contribution in [2.75, 3.05) is 19.8 Å². The Morgan fingerprint density at radius 3 is 2.62 bits per heavy atom. The maximum atomic E-state index is 11.3. The molecule has 2 aliphatic rings. The van der Waals surface area contributed by atoms with Crippen molar-refractivity contribution in [1.82, 2.24) is 5.32 Å². The predicted molar refractivity (Wildman–Crippen MR) is 64.5 cm³/mol. The molecule has 3 N–H and O–H groups in total. The summed E-state index contributed by atoms with van der Waals surface area (Å²) in [5, 5.41) is 2.81. The predicted octanol–water partition coefficient (Wildman–Crippen LogP) is 0.688. The van der Waals surface area contributed by atoms with Gasteiger partial charge in [-0.15, -0.1) is 12.4 Å². The Balaban J connectivity index is 0.00000128. The van der Waals surface area contributed by atoms with E-state index in [1.807, 2.05) is 0 Å². The highest BCUT2D eigenvalue weighted by Crippen LogP contribution is 2.31. The van der Waals surface area contributed by atoms with Crippen LogP contribution < -0.4 is 11.1 Å². The molecule has 5 heteroatoms. The van der Waals surface area contributed by atoms with Crippen LogP contribution in [0, 0.1) is 11.8 Å². The van der Waals surface area contributed by atoms with E-state index in [9.17, 15) is 4.79 Å². The first kappa shape index (κ1) is 13.7. The summed E-state index contributed by atoms with van der Waals surface area (Å²) in [6.07, 6.45) is 4.95. The molecule has 0 aromatic heterocycles. The Bertz CT molecular complexity index is 230. The van der Waals surface area contributed by atoms with E-state index >= 15 is 0 Å². The standard InChI is InChI=1S/C11H20N2O2.ClH/c12-10(9-3-4-9)5-13-11(14)7-15-6-8-1-2-8;/h8-10H,1-7,12H2,(H,13,14);1H. The van der Waals surface area contributed by atoms with Crippen LogP contribution in [0.3, 0.4) is 0 Å². The van der Waals surface area contributed by atoms with E-state index in [1.165, 1.54) is 25.7 Å². The molecule has 2 fully saturated rings. The molecule has 0 aromatic carbocycles. The van der Waals surface area contributed by atoms with Crippen LogP contribution in [0.4, 0.5) is 0 Å².